The third kappa shape index (κ3) is 2.37. The summed E-state index contributed by atoms with van der Waals surface area (Å²) in [5, 5.41) is 3.96. The molecule has 3 nitrogen and oxygen atoms in total. The number of carbonyl (C=O) groups excluding carboxylic acids is 1. The van der Waals surface area contributed by atoms with Gasteiger partial charge in [-0.3, -0.25) is 4.79 Å². The number of aromatic nitrogens is 2. The smallest absolute Gasteiger partial charge is 0.223 e. The van der Waals surface area contributed by atoms with E-state index in [1.54, 1.807) is 18.3 Å². The Bertz CT molecular complexity index is 775. The van der Waals surface area contributed by atoms with Crippen LogP contribution in [0.15, 0.2) is 29.8 Å². The number of aryl methyl sites for hydroxylation is 1. The largest absolute Gasteiger partial charge is 0.360 e. The maximum Gasteiger partial charge on any atom is 0.223 e. The van der Waals surface area contributed by atoms with Gasteiger partial charge in [-0.15, -0.1) is 11.3 Å². The summed E-state index contributed by atoms with van der Waals surface area (Å²) in [6.07, 6.45) is 3.66. The van der Waals surface area contributed by atoms with Gasteiger partial charge >= 0.3 is 0 Å². The predicted molar refractivity (Wildman–Crippen MR) is 82.9 cm³/mol. The van der Waals surface area contributed by atoms with Crippen molar-refractivity contribution in [3.63, 3.8) is 0 Å². The van der Waals surface area contributed by atoms with Gasteiger partial charge in [-0.1, -0.05) is 24.9 Å². The van der Waals surface area contributed by atoms with Crippen molar-refractivity contribution in [1.82, 2.24) is 9.97 Å². The molecule has 0 amide bonds. The first-order valence-corrected chi connectivity index (χ1v) is 7.70. The van der Waals surface area contributed by atoms with E-state index in [0.717, 1.165) is 29.4 Å². The highest BCUT2D eigenvalue weighted by Crippen LogP contribution is 2.25. The number of benzene rings is 1. The van der Waals surface area contributed by atoms with Gasteiger partial charge in [0.15, 0.2) is 5.01 Å². The zero-order valence-corrected chi connectivity index (χ0v) is 12.5. The second-order valence-electron chi connectivity index (χ2n) is 4.62. The van der Waals surface area contributed by atoms with Crippen LogP contribution in [-0.2, 0) is 6.42 Å². The number of carbonyl (C=O) groups is 1. The summed E-state index contributed by atoms with van der Waals surface area (Å²) < 4.78 is 0. The number of nitrogens with one attached hydrogen (secondary N) is 1. The molecular weight excluding hydrogens is 292 g/mol. The number of hydrogen-bond acceptors (Lipinski definition) is 3. The molecule has 0 fully saturated rings. The van der Waals surface area contributed by atoms with Gasteiger partial charge in [0, 0.05) is 27.5 Å². The molecule has 102 valence electrons. The number of fused-ring (bicyclic) bond motifs is 1. The maximum atomic E-state index is 12.5. The van der Waals surface area contributed by atoms with Crippen molar-refractivity contribution < 1.29 is 4.79 Å². The molecule has 3 aromatic rings. The number of rotatable bonds is 4. The third-order valence-electron chi connectivity index (χ3n) is 3.14. The first kappa shape index (κ1) is 13.3. The number of hydrogen-bond donors (Lipinski definition) is 1. The van der Waals surface area contributed by atoms with E-state index in [-0.39, 0.29) is 5.78 Å². The van der Waals surface area contributed by atoms with Crippen molar-refractivity contribution >= 4 is 39.6 Å². The summed E-state index contributed by atoms with van der Waals surface area (Å²) in [5.41, 5.74) is 2.52. The van der Waals surface area contributed by atoms with Gasteiger partial charge in [-0.2, -0.15) is 0 Å². The van der Waals surface area contributed by atoms with Gasteiger partial charge in [0.2, 0.25) is 5.78 Å². The van der Waals surface area contributed by atoms with Crippen LogP contribution in [-0.4, -0.2) is 15.8 Å². The fourth-order valence-corrected chi connectivity index (χ4v) is 3.16. The topological polar surface area (TPSA) is 45.8 Å². The van der Waals surface area contributed by atoms with E-state index in [4.69, 9.17) is 11.6 Å². The number of ketones is 1. The summed E-state index contributed by atoms with van der Waals surface area (Å²) in [5.74, 6) is -0.0501. The fraction of sp³-hybridized carbons (Fsp3) is 0.200. The van der Waals surface area contributed by atoms with Crippen LogP contribution < -0.4 is 0 Å². The summed E-state index contributed by atoms with van der Waals surface area (Å²) in [4.78, 5) is 20.0. The number of nitrogens with zero attached hydrogens (tertiary/aromatic N) is 1. The first-order chi connectivity index (χ1) is 9.69. The minimum atomic E-state index is -0.0501. The Labute approximate surface area is 125 Å². The summed E-state index contributed by atoms with van der Waals surface area (Å²) >= 11 is 7.41. The lowest BCUT2D eigenvalue weighted by atomic mass is 10.1. The molecule has 0 aliphatic heterocycles. The lowest BCUT2D eigenvalue weighted by molar-refractivity contribution is 0.104. The molecule has 0 bridgehead atoms. The molecule has 3 rings (SSSR count). The van der Waals surface area contributed by atoms with Crippen molar-refractivity contribution in [1.29, 1.82) is 0 Å². The zero-order chi connectivity index (χ0) is 14.1. The van der Waals surface area contributed by atoms with E-state index in [1.165, 1.54) is 11.3 Å². The Balaban J connectivity index is 2.01. The molecule has 5 heteroatoms. The Morgan fingerprint density at radius 1 is 1.45 bits per heavy atom. The Morgan fingerprint density at radius 2 is 2.30 bits per heavy atom. The molecular formula is C15H13ClN2OS. The SMILES string of the molecule is CCCc1csc(C(=O)c2c[nH]c3ccc(Cl)cc23)n1. The highest BCUT2D eigenvalue weighted by Gasteiger charge is 2.17. The second-order valence-corrected chi connectivity index (χ2v) is 5.91. The van der Waals surface area contributed by atoms with Crippen LogP contribution in [0.2, 0.25) is 5.02 Å². The minimum absolute atomic E-state index is 0.0501. The van der Waals surface area contributed by atoms with Crippen molar-refractivity contribution in [3.8, 4) is 0 Å². The highest BCUT2D eigenvalue weighted by molar-refractivity contribution is 7.12. The normalized spacial score (nSPS) is 11.1. The van der Waals surface area contributed by atoms with Crippen molar-refractivity contribution in [3.05, 3.63) is 51.1 Å². The molecule has 0 saturated carbocycles. The lowest BCUT2D eigenvalue weighted by Crippen LogP contribution is -2.00. The Kier molecular flexibility index (Phi) is 3.59. The van der Waals surface area contributed by atoms with Crippen LogP contribution in [0.25, 0.3) is 10.9 Å². The fourth-order valence-electron chi connectivity index (χ4n) is 2.18. The molecule has 0 saturated heterocycles. The van der Waals surface area contributed by atoms with E-state index < -0.39 is 0 Å². The zero-order valence-electron chi connectivity index (χ0n) is 10.9. The summed E-state index contributed by atoms with van der Waals surface area (Å²) in [7, 11) is 0. The molecule has 0 aliphatic carbocycles. The van der Waals surface area contributed by atoms with E-state index in [0.29, 0.717) is 15.6 Å². The van der Waals surface area contributed by atoms with Gasteiger partial charge in [-0.05, 0) is 24.6 Å². The molecule has 20 heavy (non-hydrogen) atoms. The Hall–Kier alpha value is -1.65. The standard InChI is InChI=1S/C15H13ClN2OS/c1-2-3-10-8-20-15(18-10)14(19)12-7-17-13-5-4-9(16)6-11(12)13/h4-8,17H,2-3H2,1H3. The number of halogens is 1. The van der Waals surface area contributed by atoms with E-state index in [9.17, 15) is 4.79 Å². The van der Waals surface area contributed by atoms with Crippen LogP contribution in [0.4, 0.5) is 0 Å². The predicted octanol–water partition coefficient (Wildman–Crippen LogP) is 4.46. The maximum absolute atomic E-state index is 12.5. The van der Waals surface area contributed by atoms with Crippen molar-refractivity contribution in [2.75, 3.05) is 0 Å². The van der Waals surface area contributed by atoms with Gasteiger partial charge in [0.1, 0.15) is 0 Å². The quantitative estimate of drug-likeness (QED) is 0.723. The average molecular weight is 305 g/mol. The van der Waals surface area contributed by atoms with Crippen LogP contribution in [0.1, 0.15) is 34.4 Å². The first-order valence-electron chi connectivity index (χ1n) is 6.44. The van der Waals surface area contributed by atoms with Gasteiger partial charge < -0.3 is 4.98 Å². The van der Waals surface area contributed by atoms with Crippen molar-refractivity contribution in [2.24, 2.45) is 0 Å². The van der Waals surface area contributed by atoms with E-state index in [1.807, 2.05) is 11.4 Å². The van der Waals surface area contributed by atoms with Crippen LogP contribution in [0.3, 0.4) is 0 Å². The Morgan fingerprint density at radius 3 is 3.10 bits per heavy atom. The molecule has 2 aromatic heterocycles. The lowest BCUT2D eigenvalue weighted by Gasteiger charge is -1.96. The summed E-state index contributed by atoms with van der Waals surface area (Å²) in [6.45, 7) is 2.10. The molecule has 2 heterocycles. The van der Waals surface area contributed by atoms with Gasteiger partial charge in [-0.25, -0.2) is 4.98 Å². The van der Waals surface area contributed by atoms with Crippen molar-refractivity contribution in [2.45, 2.75) is 19.8 Å². The number of thiazole rings is 1. The highest BCUT2D eigenvalue weighted by atomic mass is 35.5. The van der Waals surface area contributed by atoms with Crippen LogP contribution in [0.5, 0.6) is 0 Å². The molecule has 1 aromatic carbocycles. The van der Waals surface area contributed by atoms with E-state index in [2.05, 4.69) is 16.9 Å². The van der Waals surface area contributed by atoms with Crippen LogP contribution >= 0.6 is 22.9 Å². The number of aromatic amines is 1. The monoisotopic (exact) mass is 304 g/mol. The van der Waals surface area contributed by atoms with Crippen LogP contribution in [0, 0.1) is 0 Å². The minimum Gasteiger partial charge on any atom is -0.360 e. The summed E-state index contributed by atoms with van der Waals surface area (Å²) in [6, 6.07) is 5.48. The molecule has 0 aliphatic rings. The van der Waals surface area contributed by atoms with Gasteiger partial charge in [0.25, 0.3) is 0 Å². The molecule has 0 unspecified atom stereocenters. The second kappa shape index (κ2) is 5.38. The molecule has 1 N–H and O–H groups in total. The molecule has 0 radical (unpaired) electrons. The molecule has 0 spiro atoms. The third-order valence-corrected chi connectivity index (χ3v) is 4.27. The number of H-pyrrole nitrogens is 1. The van der Waals surface area contributed by atoms with Gasteiger partial charge in [0.05, 0.1) is 11.3 Å². The average Bonchev–Trinajstić information content (AvgIpc) is 3.05. The van der Waals surface area contributed by atoms with E-state index >= 15 is 0 Å². The molecule has 0 atom stereocenters.